The van der Waals surface area contributed by atoms with Gasteiger partial charge in [0.15, 0.2) is 0 Å². The molecule has 1 N–H and O–H groups in total. The number of aliphatic hydroxyl groups is 1. The van der Waals surface area contributed by atoms with Crippen LogP contribution >= 0.6 is 15.9 Å². The van der Waals surface area contributed by atoms with E-state index < -0.39 is 5.60 Å². The fourth-order valence-electron chi connectivity index (χ4n) is 2.41. The summed E-state index contributed by atoms with van der Waals surface area (Å²) in [7, 11) is 0. The van der Waals surface area contributed by atoms with Crippen molar-refractivity contribution in [3.05, 3.63) is 35.2 Å². The normalized spacial score (nSPS) is 20.3. The molecule has 1 aliphatic rings. The molecular formula is C16H24Br2MgO2. The van der Waals surface area contributed by atoms with Crippen LogP contribution < -0.4 is 21.7 Å². The maximum atomic E-state index is 9.88. The predicted octanol–water partition coefficient (Wildman–Crippen LogP) is 1.07. The van der Waals surface area contributed by atoms with Crippen molar-refractivity contribution in [2.75, 3.05) is 0 Å². The molecule has 0 heterocycles. The van der Waals surface area contributed by atoms with E-state index >= 15 is 0 Å². The van der Waals surface area contributed by atoms with E-state index in [1.807, 2.05) is 13.8 Å². The Bertz CT molecular complexity index is 429. The summed E-state index contributed by atoms with van der Waals surface area (Å²) in [6.45, 7) is 7.90. The number of rotatable bonds is 3. The topological polar surface area (TPSA) is 29.5 Å². The van der Waals surface area contributed by atoms with E-state index in [0.29, 0.717) is 5.92 Å². The van der Waals surface area contributed by atoms with Gasteiger partial charge in [-0.3, -0.25) is 0 Å². The maximum absolute atomic E-state index is 9.88. The molecule has 0 spiro atoms. The van der Waals surface area contributed by atoms with Crippen molar-refractivity contribution in [1.82, 2.24) is 0 Å². The summed E-state index contributed by atoms with van der Waals surface area (Å²) in [6, 6.07) is 4.13. The Labute approximate surface area is 164 Å². The van der Waals surface area contributed by atoms with Gasteiger partial charge in [-0.25, -0.2) is 0 Å². The van der Waals surface area contributed by atoms with Crippen LogP contribution in [0.25, 0.3) is 0 Å². The third-order valence-electron chi connectivity index (χ3n) is 3.81. The van der Waals surface area contributed by atoms with Gasteiger partial charge in [-0.15, -0.1) is 0 Å². The maximum Gasteiger partial charge on any atom is 2.00 e. The Hall–Kier alpha value is 0.706. The van der Waals surface area contributed by atoms with Gasteiger partial charge in [0.05, 0.1) is 11.7 Å². The smallest absolute Gasteiger partial charge is 1.00 e. The molecule has 0 radical (unpaired) electrons. The van der Waals surface area contributed by atoms with Crippen LogP contribution in [0.1, 0.15) is 37.8 Å². The average Bonchev–Trinajstić information content (AvgIpc) is 2.17. The molecule has 1 aromatic carbocycles. The zero-order valence-corrected chi connectivity index (χ0v) is 18.1. The summed E-state index contributed by atoms with van der Waals surface area (Å²) in [5.74, 6) is 1.30. The number of benzene rings is 1. The first-order valence-electron chi connectivity index (χ1n) is 6.43. The summed E-state index contributed by atoms with van der Waals surface area (Å²) < 4.78 is 7.11. The van der Waals surface area contributed by atoms with E-state index in [2.05, 4.69) is 41.9 Å². The van der Waals surface area contributed by atoms with Crippen LogP contribution in [-0.4, -0.2) is 39.9 Å². The SMILES string of the molecule is Cc1cc(OC2CC(C(C)(C)O)C2)cc(C)c1Br.[Br-].[CH3-].[Mg+2]. The molecule has 2 nitrogen and oxygen atoms in total. The van der Waals surface area contributed by atoms with E-state index in [0.717, 1.165) is 23.1 Å². The van der Waals surface area contributed by atoms with Crippen molar-refractivity contribution >= 4 is 39.0 Å². The molecule has 0 atom stereocenters. The van der Waals surface area contributed by atoms with Gasteiger partial charge in [-0.2, -0.15) is 0 Å². The van der Waals surface area contributed by atoms with Gasteiger partial charge in [-0.05, 0) is 69.7 Å². The fourth-order valence-corrected chi connectivity index (χ4v) is 2.63. The number of halogens is 2. The van der Waals surface area contributed by atoms with Crippen molar-refractivity contribution in [2.24, 2.45) is 5.92 Å². The predicted molar refractivity (Wildman–Crippen MR) is 89.2 cm³/mol. The minimum Gasteiger partial charge on any atom is -1.00 e. The van der Waals surface area contributed by atoms with Crippen LogP contribution in [0.3, 0.4) is 0 Å². The van der Waals surface area contributed by atoms with Gasteiger partial charge >= 0.3 is 23.1 Å². The first kappa shape index (κ1) is 24.0. The van der Waals surface area contributed by atoms with Crippen molar-refractivity contribution in [3.63, 3.8) is 0 Å². The zero-order valence-electron chi connectivity index (χ0n) is 13.5. The van der Waals surface area contributed by atoms with Gasteiger partial charge in [0.1, 0.15) is 5.75 Å². The first-order valence-corrected chi connectivity index (χ1v) is 7.22. The van der Waals surface area contributed by atoms with Gasteiger partial charge in [0, 0.05) is 4.47 Å². The Morgan fingerprint density at radius 2 is 1.62 bits per heavy atom. The second-order valence-corrected chi connectivity index (χ2v) is 6.73. The number of aryl methyl sites for hydroxylation is 2. The summed E-state index contributed by atoms with van der Waals surface area (Å²) in [6.07, 6.45) is 2.14. The molecule has 0 aliphatic heterocycles. The van der Waals surface area contributed by atoms with Crippen molar-refractivity contribution < 1.29 is 26.8 Å². The van der Waals surface area contributed by atoms with Crippen LogP contribution in [0.4, 0.5) is 0 Å². The van der Waals surface area contributed by atoms with E-state index in [1.54, 1.807) is 0 Å². The Balaban J connectivity index is 0. The number of hydrogen-bond acceptors (Lipinski definition) is 2. The number of hydrogen-bond donors (Lipinski definition) is 1. The van der Waals surface area contributed by atoms with Crippen LogP contribution in [0, 0.1) is 27.2 Å². The molecule has 1 aromatic rings. The standard InChI is InChI=1S/C15H21BrO2.CH3.BrH.Mg/c1-9-5-12(6-10(2)14(9)16)18-13-7-11(8-13)15(3,4)17;;;/h5-6,11,13,17H,7-8H2,1-4H3;1H3;1H;/q;-1;;+2/p-1. The molecule has 2 rings (SSSR count). The Morgan fingerprint density at radius 1 is 1.19 bits per heavy atom. The summed E-state index contributed by atoms with van der Waals surface area (Å²) >= 11 is 3.56. The molecule has 1 saturated carbocycles. The van der Waals surface area contributed by atoms with E-state index in [-0.39, 0.29) is 53.6 Å². The van der Waals surface area contributed by atoms with Gasteiger partial charge < -0.3 is 34.3 Å². The Morgan fingerprint density at radius 3 is 2.00 bits per heavy atom. The third-order valence-corrected chi connectivity index (χ3v) is 5.06. The van der Waals surface area contributed by atoms with Gasteiger partial charge in [-0.1, -0.05) is 15.9 Å². The number of ether oxygens (including phenoxy) is 1. The monoisotopic (exact) mass is 430 g/mol. The van der Waals surface area contributed by atoms with Gasteiger partial charge in [0.2, 0.25) is 0 Å². The molecule has 0 unspecified atom stereocenters. The van der Waals surface area contributed by atoms with Crippen molar-refractivity contribution in [3.8, 4) is 5.75 Å². The molecule has 5 heteroatoms. The molecular weight excluding hydrogens is 408 g/mol. The molecule has 21 heavy (non-hydrogen) atoms. The molecule has 0 aromatic heterocycles. The van der Waals surface area contributed by atoms with E-state index in [1.165, 1.54) is 11.1 Å². The third kappa shape index (κ3) is 6.02. The molecule has 0 bridgehead atoms. The van der Waals surface area contributed by atoms with Crippen molar-refractivity contribution in [1.29, 1.82) is 0 Å². The molecule has 1 aliphatic carbocycles. The minimum absolute atomic E-state index is 0. The van der Waals surface area contributed by atoms with Crippen LogP contribution in [-0.2, 0) is 0 Å². The fraction of sp³-hybridized carbons (Fsp3) is 0.562. The van der Waals surface area contributed by atoms with E-state index in [9.17, 15) is 5.11 Å². The summed E-state index contributed by atoms with van der Waals surface area (Å²) in [4.78, 5) is 0. The van der Waals surface area contributed by atoms with Gasteiger partial charge in [0.25, 0.3) is 0 Å². The second kappa shape index (κ2) is 9.11. The zero-order chi connectivity index (χ0) is 13.5. The molecule has 0 saturated heterocycles. The molecule has 0 amide bonds. The van der Waals surface area contributed by atoms with Crippen LogP contribution in [0.2, 0.25) is 0 Å². The summed E-state index contributed by atoms with van der Waals surface area (Å²) in [5.41, 5.74) is 1.82. The summed E-state index contributed by atoms with van der Waals surface area (Å²) in [5, 5.41) is 9.88. The minimum atomic E-state index is -0.578. The Kier molecular flexibility index (Phi) is 10.4. The van der Waals surface area contributed by atoms with Crippen LogP contribution in [0.15, 0.2) is 16.6 Å². The molecule has 116 valence electrons. The largest absolute Gasteiger partial charge is 2.00 e. The quantitative estimate of drug-likeness (QED) is 0.572. The van der Waals surface area contributed by atoms with Crippen LogP contribution in [0.5, 0.6) is 5.75 Å². The van der Waals surface area contributed by atoms with Crippen molar-refractivity contribution in [2.45, 2.75) is 52.2 Å². The van der Waals surface area contributed by atoms with E-state index in [4.69, 9.17) is 4.74 Å². The average molecular weight is 432 g/mol. The first-order chi connectivity index (χ1) is 8.27. The second-order valence-electron chi connectivity index (χ2n) is 5.93. The molecule has 1 fully saturated rings.